The van der Waals surface area contributed by atoms with Gasteiger partial charge in [0.15, 0.2) is 5.54 Å². The summed E-state index contributed by atoms with van der Waals surface area (Å²) in [4.78, 5) is 52.7. The third-order valence-electron chi connectivity index (χ3n) is 5.75. The molecule has 0 aliphatic carbocycles. The minimum Gasteiger partial charge on any atom is -0.324 e. The number of amides is 5. The fraction of sp³-hybridized carbons (Fsp3) is 0.120. The van der Waals surface area contributed by atoms with E-state index in [1.165, 1.54) is 11.8 Å². The summed E-state index contributed by atoms with van der Waals surface area (Å²) >= 11 is 1.27. The summed E-state index contributed by atoms with van der Waals surface area (Å²) in [6.45, 7) is 0. The minimum atomic E-state index is -1.48. The predicted octanol–water partition coefficient (Wildman–Crippen LogP) is 3.02. The van der Waals surface area contributed by atoms with Gasteiger partial charge in [0, 0.05) is 11.3 Å². The SMILES string of the molecule is O=C(CC1Sc2ccccc2NC1=O)NN1C(=O)NC(c2ccccc2)(c2ccccc2)C1=O. The Kier molecular flexibility index (Phi) is 5.54. The second-order valence-electron chi connectivity index (χ2n) is 7.88. The summed E-state index contributed by atoms with van der Waals surface area (Å²) in [7, 11) is 0. The first kappa shape index (κ1) is 21.7. The minimum absolute atomic E-state index is 0.203. The number of para-hydroxylation sites is 1. The summed E-state index contributed by atoms with van der Waals surface area (Å²) in [5.41, 5.74) is 2.74. The van der Waals surface area contributed by atoms with E-state index in [-0.39, 0.29) is 12.3 Å². The molecule has 1 fully saturated rings. The molecule has 3 aromatic carbocycles. The Bertz CT molecular complexity index is 1240. The zero-order valence-corrected chi connectivity index (χ0v) is 18.7. The molecule has 0 saturated carbocycles. The molecule has 2 aliphatic heterocycles. The van der Waals surface area contributed by atoms with Gasteiger partial charge in [-0.05, 0) is 23.3 Å². The van der Waals surface area contributed by atoms with Crippen LogP contribution < -0.4 is 16.1 Å². The van der Waals surface area contributed by atoms with E-state index >= 15 is 0 Å². The lowest BCUT2D eigenvalue weighted by Gasteiger charge is -2.28. The summed E-state index contributed by atoms with van der Waals surface area (Å²) in [5, 5.41) is 5.56. The van der Waals surface area contributed by atoms with E-state index in [2.05, 4.69) is 16.1 Å². The van der Waals surface area contributed by atoms with Gasteiger partial charge < -0.3 is 10.6 Å². The molecule has 0 bridgehead atoms. The second kappa shape index (κ2) is 8.68. The maximum atomic E-state index is 13.6. The Morgan fingerprint density at radius 2 is 1.47 bits per heavy atom. The van der Waals surface area contributed by atoms with Crippen molar-refractivity contribution < 1.29 is 19.2 Å². The average Bonchev–Trinajstić information content (AvgIpc) is 3.11. The highest BCUT2D eigenvalue weighted by Gasteiger charge is 2.54. The van der Waals surface area contributed by atoms with Gasteiger partial charge in [-0.15, -0.1) is 11.8 Å². The molecule has 5 rings (SSSR count). The van der Waals surface area contributed by atoms with E-state index in [0.717, 1.165) is 4.90 Å². The number of hydrogen-bond donors (Lipinski definition) is 3. The number of nitrogens with one attached hydrogen (secondary N) is 3. The van der Waals surface area contributed by atoms with Gasteiger partial charge in [0.2, 0.25) is 11.8 Å². The monoisotopic (exact) mass is 472 g/mol. The second-order valence-corrected chi connectivity index (χ2v) is 9.13. The van der Waals surface area contributed by atoms with Gasteiger partial charge in [-0.3, -0.25) is 19.8 Å². The van der Waals surface area contributed by atoms with Crippen molar-refractivity contribution in [1.29, 1.82) is 0 Å². The van der Waals surface area contributed by atoms with Gasteiger partial charge in [0.05, 0.1) is 10.9 Å². The van der Waals surface area contributed by atoms with E-state index in [0.29, 0.717) is 21.8 Å². The Hall–Kier alpha value is -4.11. The number of nitrogens with zero attached hydrogens (tertiary/aromatic N) is 1. The molecule has 5 amide bonds. The Morgan fingerprint density at radius 1 is 0.882 bits per heavy atom. The first-order valence-corrected chi connectivity index (χ1v) is 11.5. The molecule has 170 valence electrons. The highest BCUT2D eigenvalue weighted by Crippen LogP contribution is 2.37. The van der Waals surface area contributed by atoms with E-state index < -0.39 is 28.6 Å². The molecule has 1 saturated heterocycles. The van der Waals surface area contributed by atoms with Crippen molar-refractivity contribution >= 4 is 41.2 Å². The molecule has 3 aromatic rings. The molecule has 9 heteroatoms. The number of imide groups is 1. The van der Waals surface area contributed by atoms with E-state index in [1.807, 2.05) is 30.3 Å². The van der Waals surface area contributed by atoms with Crippen LogP contribution in [-0.2, 0) is 19.9 Å². The van der Waals surface area contributed by atoms with Crippen molar-refractivity contribution in [3.63, 3.8) is 0 Å². The van der Waals surface area contributed by atoms with Crippen LogP contribution in [0.5, 0.6) is 0 Å². The van der Waals surface area contributed by atoms with E-state index in [9.17, 15) is 19.2 Å². The lowest BCUT2D eigenvalue weighted by atomic mass is 9.83. The van der Waals surface area contributed by atoms with E-state index in [1.54, 1.807) is 54.6 Å². The van der Waals surface area contributed by atoms with Crippen molar-refractivity contribution in [3.05, 3.63) is 96.1 Å². The molecule has 2 heterocycles. The molecule has 1 atom stereocenters. The van der Waals surface area contributed by atoms with Crippen LogP contribution in [0.2, 0.25) is 0 Å². The highest BCUT2D eigenvalue weighted by atomic mass is 32.2. The lowest BCUT2D eigenvalue weighted by Crippen LogP contribution is -2.50. The van der Waals surface area contributed by atoms with Crippen LogP contribution in [0.15, 0.2) is 89.8 Å². The number of carbonyl (C=O) groups is 4. The van der Waals surface area contributed by atoms with Crippen molar-refractivity contribution in [1.82, 2.24) is 15.8 Å². The van der Waals surface area contributed by atoms with Crippen molar-refractivity contribution in [2.24, 2.45) is 0 Å². The summed E-state index contributed by atoms with van der Waals surface area (Å²) in [6, 6.07) is 24.3. The van der Waals surface area contributed by atoms with Crippen LogP contribution in [0, 0.1) is 0 Å². The van der Waals surface area contributed by atoms with Crippen molar-refractivity contribution in [3.8, 4) is 0 Å². The number of thioether (sulfide) groups is 1. The summed E-state index contributed by atoms with van der Waals surface area (Å²) in [6.07, 6.45) is -0.203. The predicted molar refractivity (Wildman–Crippen MR) is 127 cm³/mol. The lowest BCUT2D eigenvalue weighted by molar-refractivity contribution is -0.138. The van der Waals surface area contributed by atoms with Crippen LogP contribution in [0.1, 0.15) is 17.5 Å². The third kappa shape index (κ3) is 3.69. The maximum absolute atomic E-state index is 13.6. The molecular weight excluding hydrogens is 452 g/mol. The van der Waals surface area contributed by atoms with Gasteiger partial charge in [-0.2, -0.15) is 5.01 Å². The van der Waals surface area contributed by atoms with Gasteiger partial charge in [0.25, 0.3) is 5.91 Å². The Labute approximate surface area is 199 Å². The standard InChI is InChI=1S/C25H20N4O4S/c30-21(15-20-22(31)26-18-13-7-8-14-19(18)34-20)28-29-23(32)25(27-24(29)33,16-9-3-1-4-10-16)17-11-5-2-6-12-17/h1-14,20H,15H2,(H,26,31)(H,27,33)(H,28,30). The van der Waals surface area contributed by atoms with Crippen molar-refractivity contribution in [2.45, 2.75) is 22.1 Å². The van der Waals surface area contributed by atoms with Crippen LogP contribution in [0.4, 0.5) is 10.5 Å². The largest absolute Gasteiger partial charge is 0.344 e. The molecule has 0 spiro atoms. The molecule has 0 aromatic heterocycles. The number of anilines is 1. The number of benzene rings is 3. The Balaban J connectivity index is 1.38. The quantitative estimate of drug-likeness (QED) is 0.495. The first-order valence-electron chi connectivity index (χ1n) is 10.6. The molecule has 34 heavy (non-hydrogen) atoms. The number of urea groups is 1. The van der Waals surface area contributed by atoms with Crippen LogP contribution in [-0.4, -0.2) is 34.0 Å². The van der Waals surface area contributed by atoms with Gasteiger partial charge >= 0.3 is 6.03 Å². The molecule has 8 nitrogen and oxygen atoms in total. The average molecular weight is 473 g/mol. The summed E-state index contributed by atoms with van der Waals surface area (Å²) < 4.78 is 0. The maximum Gasteiger partial charge on any atom is 0.344 e. The smallest absolute Gasteiger partial charge is 0.324 e. The number of rotatable bonds is 5. The molecule has 1 unspecified atom stereocenters. The number of hydrogen-bond acceptors (Lipinski definition) is 5. The van der Waals surface area contributed by atoms with Gasteiger partial charge in [-0.25, -0.2) is 4.79 Å². The zero-order chi connectivity index (χ0) is 23.7. The number of carbonyl (C=O) groups excluding carboxylic acids is 4. The summed E-state index contributed by atoms with van der Waals surface area (Å²) in [5.74, 6) is -1.55. The number of hydrazine groups is 1. The zero-order valence-electron chi connectivity index (χ0n) is 17.9. The van der Waals surface area contributed by atoms with Gasteiger partial charge in [-0.1, -0.05) is 72.8 Å². The van der Waals surface area contributed by atoms with Crippen molar-refractivity contribution in [2.75, 3.05) is 5.32 Å². The highest BCUT2D eigenvalue weighted by molar-refractivity contribution is 8.01. The van der Waals surface area contributed by atoms with Gasteiger partial charge in [0.1, 0.15) is 0 Å². The Morgan fingerprint density at radius 3 is 2.12 bits per heavy atom. The van der Waals surface area contributed by atoms with Crippen LogP contribution >= 0.6 is 11.8 Å². The first-order chi connectivity index (χ1) is 16.5. The fourth-order valence-corrected chi connectivity index (χ4v) is 5.24. The normalized spacial score (nSPS) is 18.6. The molecular formula is C25H20N4O4S. The van der Waals surface area contributed by atoms with Crippen LogP contribution in [0.25, 0.3) is 0 Å². The third-order valence-corrected chi connectivity index (χ3v) is 7.02. The van der Waals surface area contributed by atoms with Crippen LogP contribution in [0.3, 0.4) is 0 Å². The van der Waals surface area contributed by atoms with E-state index in [4.69, 9.17) is 0 Å². The molecule has 0 radical (unpaired) electrons. The fourth-order valence-electron chi connectivity index (χ4n) is 4.13. The topological polar surface area (TPSA) is 108 Å². The molecule has 2 aliphatic rings. The molecule has 3 N–H and O–H groups in total. The number of fused-ring (bicyclic) bond motifs is 1.